The third-order valence-corrected chi connectivity index (χ3v) is 16.2. The van der Waals surface area contributed by atoms with E-state index in [9.17, 15) is 0 Å². The summed E-state index contributed by atoms with van der Waals surface area (Å²) in [6.45, 7) is 0. The van der Waals surface area contributed by atoms with Crippen LogP contribution in [0.2, 0.25) is 0 Å². The van der Waals surface area contributed by atoms with Gasteiger partial charge in [0.25, 0.3) is 0 Å². The fraction of sp³-hybridized carbons (Fsp3) is 0. The quantitative estimate of drug-likeness (QED) is 0.175. The van der Waals surface area contributed by atoms with Crippen LogP contribution in [0.1, 0.15) is 0 Å². The summed E-state index contributed by atoms with van der Waals surface area (Å²) in [7, 11) is 0. The van der Waals surface area contributed by atoms with E-state index < -0.39 is 0 Å². The predicted octanol–water partition coefficient (Wildman–Crippen LogP) is 13.6. The Morgan fingerprint density at radius 3 is 1.19 bits per heavy atom. The molecule has 1 aliphatic heterocycles. The minimum absolute atomic E-state index is 0.228. The molecular weight excluding hydrogens is 894 g/mol. The van der Waals surface area contributed by atoms with Crippen LogP contribution in [0.25, 0.3) is 132 Å². The van der Waals surface area contributed by atoms with Gasteiger partial charge in [0.15, 0.2) is 0 Å². The van der Waals surface area contributed by atoms with Gasteiger partial charge in [-0.15, -0.1) is 0 Å². The third kappa shape index (κ3) is 5.59. The molecule has 300 valence electrons. The maximum absolute atomic E-state index is 6.85. The third-order valence-electron chi connectivity index (χ3n) is 13.2. The average Bonchev–Trinajstić information content (AvgIpc) is 4.13. The van der Waals surface area contributed by atoms with Crippen molar-refractivity contribution in [3.05, 3.63) is 213 Å². The van der Waals surface area contributed by atoms with Crippen LogP contribution in [0.5, 0.6) is 0 Å². The van der Waals surface area contributed by atoms with Crippen LogP contribution in [-0.2, 0) is 0 Å². The molecule has 0 atom stereocenters. The topological polar surface area (TPSA) is 42.1 Å². The zero-order valence-electron chi connectivity index (χ0n) is 34.3. The van der Waals surface area contributed by atoms with Gasteiger partial charge in [0.1, 0.15) is 0 Å². The van der Waals surface area contributed by atoms with E-state index in [4.69, 9.17) is 8.83 Å². The zero-order valence-corrected chi connectivity index (χ0v) is 36.5. The van der Waals surface area contributed by atoms with Crippen LogP contribution in [0.3, 0.4) is 0 Å². The van der Waals surface area contributed by atoms with Crippen molar-refractivity contribution in [2.24, 2.45) is 0 Å². The van der Waals surface area contributed by atoms with Gasteiger partial charge in [-0.2, -0.15) is 0 Å². The minimum atomic E-state index is -0.228. The molecule has 64 heavy (non-hydrogen) atoms. The Balaban J connectivity index is 0.920. The van der Waals surface area contributed by atoms with Gasteiger partial charge in [0.05, 0.1) is 0 Å². The van der Waals surface area contributed by atoms with Crippen molar-refractivity contribution in [3.63, 3.8) is 0 Å². The second-order valence-electron chi connectivity index (χ2n) is 16.9. The predicted molar refractivity (Wildman–Crippen MR) is 260 cm³/mol. The van der Waals surface area contributed by atoms with Gasteiger partial charge < -0.3 is 4.98 Å². The van der Waals surface area contributed by atoms with E-state index in [1.807, 2.05) is 0 Å². The van der Waals surface area contributed by atoms with Gasteiger partial charge in [0, 0.05) is 21.8 Å². The van der Waals surface area contributed by atoms with Crippen LogP contribution in [0, 0.1) is 7.14 Å². The van der Waals surface area contributed by atoms with Crippen molar-refractivity contribution in [3.8, 4) is 66.8 Å². The molecule has 0 saturated carbocycles. The molecule has 3 nitrogen and oxygen atoms in total. The maximum atomic E-state index is 6.85. The summed E-state index contributed by atoms with van der Waals surface area (Å²) in [5.41, 5.74) is 20.1. The van der Waals surface area contributed by atoms with Crippen LogP contribution < -0.4 is 21.2 Å². The first kappa shape index (κ1) is 35.9. The number of rotatable bonds is 5. The van der Waals surface area contributed by atoms with Gasteiger partial charge in [-0.3, -0.25) is 0 Å². The van der Waals surface area contributed by atoms with Crippen molar-refractivity contribution >= 4 is 65.7 Å². The van der Waals surface area contributed by atoms with Crippen LogP contribution in [-0.4, -0.2) is 4.98 Å². The number of hydrogen-bond donors (Lipinski definition) is 1. The molecule has 13 aromatic rings. The van der Waals surface area contributed by atoms with E-state index in [1.54, 1.807) is 0 Å². The number of fused-ring (bicyclic) bond motifs is 12. The standard InChI is InChI=1S/C60H35INO2/c1-4-10-35(11-5-1)38-16-22-52-44(28-38)45-29-40(17-23-53(45)61-52)42-20-26-56-48(32-42)50-34-51-49-33-43(21-27-57(49)64-60(51)58(59(50)63-56)37-14-8-3-9-15-37)41-19-25-55-47(31-41)46-30-39(18-24-54(46)62-55)36-12-6-2-7-13-36/h1-34,62H/q-1. The fourth-order valence-corrected chi connectivity index (χ4v) is 12.8. The Bertz CT molecular complexity index is 4030. The molecule has 4 heterocycles. The summed E-state index contributed by atoms with van der Waals surface area (Å²) in [6.07, 6.45) is 0. The molecule has 3 aromatic heterocycles. The Labute approximate surface area is 378 Å². The van der Waals surface area contributed by atoms with E-state index >= 15 is 0 Å². The molecule has 0 bridgehead atoms. The second-order valence-corrected chi connectivity index (χ2v) is 19.7. The molecule has 14 rings (SSSR count). The summed E-state index contributed by atoms with van der Waals surface area (Å²) < 4.78 is 16.7. The Morgan fingerprint density at radius 1 is 0.297 bits per heavy atom. The zero-order chi connectivity index (χ0) is 41.9. The molecule has 1 N–H and O–H groups in total. The fourth-order valence-electron chi connectivity index (χ4n) is 9.98. The van der Waals surface area contributed by atoms with E-state index in [1.165, 1.54) is 62.4 Å². The van der Waals surface area contributed by atoms with Crippen molar-refractivity contribution in [2.45, 2.75) is 0 Å². The first-order valence-electron chi connectivity index (χ1n) is 21.7. The number of hydrogen-bond acceptors (Lipinski definition) is 2. The van der Waals surface area contributed by atoms with Crippen molar-refractivity contribution in [1.29, 1.82) is 0 Å². The first-order chi connectivity index (χ1) is 31.7. The van der Waals surface area contributed by atoms with Crippen molar-refractivity contribution < 1.29 is 30.0 Å². The van der Waals surface area contributed by atoms with E-state index in [0.717, 1.165) is 77.2 Å². The SMILES string of the molecule is c1ccc(-c2ccc3c(c2)-c2cc(-c4ccc5oc6c(-c7ccccc7)c7oc8ccc(-c9ccc%10[nH]c%11ccc(-c%12ccccc%12)cc%11c%10c9)cc8c7cc6c5c4)ccc2[I-]3)cc1. The molecule has 4 heteroatoms. The molecular formula is C60H35INO2-. The van der Waals surface area contributed by atoms with Gasteiger partial charge >= 0.3 is 235 Å². The van der Waals surface area contributed by atoms with Crippen LogP contribution in [0.4, 0.5) is 0 Å². The van der Waals surface area contributed by atoms with Gasteiger partial charge in [-0.05, 0) is 52.6 Å². The summed E-state index contributed by atoms with van der Waals surface area (Å²) in [4.78, 5) is 3.65. The summed E-state index contributed by atoms with van der Waals surface area (Å²) in [6, 6.07) is 75.0. The summed E-state index contributed by atoms with van der Waals surface area (Å²) >= 11 is -0.228. The monoisotopic (exact) mass is 928 g/mol. The van der Waals surface area contributed by atoms with Crippen molar-refractivity contribution in [2.75, 3.05) is 0 Å². The molecule has 0 fully saturated rings. The molecule has 10 aromatic carbocycles. The summed E-state index contributed by atoms with van der Waals surface area (Å²) in [5.74, 6) is 0. The number of nitrogens with one attached hydrogen (secondary N) is 1. The molecule has 0 amide bonds. The van der Waals surface area contributed by atoms with Gasteiger partial charge in [0.2, 0.25) is 0 Å². The Hall–Kier alpha value is -7.67. The number of aromatic amines is 1. The number of aromatic nitrogens is 1. The van der Waals surface area contributed by atoms with Gasteiger partial charge in [-0.25, -0.2) is 0 Å². The van der Waals surface area contributed by atoms with Crippen molar-refractivity contribution in [1.82, 2.24) is 4.98 Å². The van der Waals surface area contributed by atoms with E-state index in [2.05, 4.69) is 211 Å². The normalized spacial score (nSPS) is 12.4. The first-order valence-corrected chi connectivity index (χ1v) is 23.8. The average molecular weight is 929 g/mol. The van der Waals surface area contributed by atoms with E-state index in [0.29, 0.717) is 0 Å². The van der Waals surface area contributed by atoms with Gasteiger partial charge in [-0.1, -0.05) is 66.7 Å². The molecule has 0 aliphatic carbocycles. The molecule has 0 saturated heterocycles. The van der Waals surface area contributed by atoms with Crippen LogP contribution >= 0.6 is 0 Å². The van der Waals surface area contributed by atoms with Crippen LogP contribution in [0.15, 0.2) is 215 Å². The summed E-state index contributed by atoms with van der Waals surface area (Å²) in [5, 5.41) is 6.76. The Morgan fingerprint density at radius 2 is 0.688 bits per heavy atom. The molecule has 1 aliphatic rings. The molecule has 0 radical (unpaired) electrons. The number of H-pyrrole nitrogens is 1. The number of halogens is 1. The number of furan rings is 2. The number of benzene rings is 10. The Kier molecular flexibility index (Phi) is 7.80. The second kappa shape index (κ2) is 13.9. The van der Waals surface area contributed by atoms with E-state index in [-0.39, 0.29) is 21.2 Å². The molecule has 0 spiro atoms. The molecule has 0 unspecified atom stereocenters.